The molecule has 0 heterocycles. The highest BCUT2D eigenvalue weighted by atomic mass is 16.3. The van der Waals surface area contributed by atoms with E-state index in [-0.39, 0.29) is 5.92 Å². The van der Waals surface area contributed by atoms with Crippen LogP contribution in [0, 0.1) is 5.92 Å². The van der Waals surface area contributed by atoms with Gasteiger partial charge < -0.3 is 5.11 Å². The van der Waals surface area contributed by atoms with Crippen LogP contribution in [-0.4, -0.2) is 5.11 Å². The molecule has 1 rings (SSSR count). The van der Waals surface area contributed by atoms with Gasteiger partial charge in [0.1, 0.15) is 0 Å². The fraction of sp³-hybridized carbons (Fsp3) is 0.429. The van der Waals surface area contributed by atoms with Crippen molar-refractivity contribution in [3.8, 4) is 0 Å². The van der Waals surface area contributed by atoms with Crippen molar-refractivity contribution in [2.75, 3.05) is 0 Å². The Balaban J connectivity index is 2.64. The molecular formula is C14H20O. The Morgan fingerprint density at radius 3 is 2.53 bits per heavy atom. The molecule has 0 spiro atoms. The molecule has 0 fully saturated rings. The molecule has 0 radical (unpaired) electrons. The van der Waals surface area contributed by atoms with Crippen LogP contribution in [-0.2, 0) is 0 Å². The molecule has 1 heteroatoms. The molecule has 1 aromatic rings. The molecule has 82 valence electrons. The standard InChI is InChI=1S/C14H20O/c1-3-5-9-12(4-2)14(15)13-10-7-6-8-11-13/h4,6-8,10-12,14-15H,2-3,5,9H2,1H3/t12?,14-/m0/s1. The van der Waals surface area contributed by atoms with Gasteiger partial charge in [0.2, 0.25) is 0 Å². The molecule has 1 unspecified atom stereocenters. The van der Waals surface area contributed by atoms with Crippen LogP contribution in [0.1, 0.15) is 37.9 Å². The van der Waals surface area contributed by atoms with E-state index in [2.05, 4.69) is 13.5 Å². The average Bonchev–Trinajstić information content (AvgIpc) is 2.31. The maximum atomic E-state index is 10.1. The van der Waals surface area contributed by atoms with Gasteiger partial charge >= 0.3 is 0 Å². The summed E-state index contributed by atoms with van der Waals surface area (Å²) >= 11 is 0. The van der Waals surface area contributed by atoms with Gasteiger partial charge in [-0.3, -0.25) is 0 Å². The monoisotopic (exact) mass is 204 g/mol. The summed E-state index contributed by atoms with van der Waals surface area (Å²) in [5, 5.41) is 10.1. The fourth-order valence-electron chi connectivity index (χ4n) is 1.74. The molecule has 1 nitrogen and oxygen atoms in total. The Kier molecular flexibility index (Phi) is 5.13. The zero-order valence-corrected chi connectivity index (χ0v) is 9.39. The van der Waals surface area contributed by atoms with E-state index in [0.29, 0.717) is 0 Å². The van der Waals surface area contributed by atoms with E-state index in [4.69, 9.17) is 0 Å². The minimum absolute atomic E-state index is 0.173. The van der Waals surface area contributed by atoms with E-state index in [1.54, 1.807) is 0 Å². The lowest BCUT2D eigenvalue weighted by molar-refractivity contribution is 0.126. The SMILES string of the molecule is C=CC(CCCC)[C@H](O)c1ccccc1. The van der Waals surface area contributed by atoms with Gasteiger partial charge in [0, 0.05) is 5.92 Å². The first-order valence-electron chi connectivity index (χ1n) is 5.65. The van der Waals surface area contributed by atoms with Crippen LogP contribution in [0.25, 0.3) is 0 Å². The first kappa shape index (κ1) is 12.0. The second kappa shape index (κ2) is 6.41. The van der Waals surface area contributed by atoms with Gasteiger partial charge in [-0.25, -0.2) is 0 Å². The molecule has 0 aliphatic heterocycles. The Hall–Kier alpha value is -1.08. The molecule has 0 aromatic heterocycles. The van der Waals surface area contributed by atoms with E-state index in [1.165, 1.54) is 0 Å². The van der Waals surface area contributed by atoms with Crippen molar-refractivity contribution >= 4 is 0 Å². The maximum Gasteiger partial charge on any atom is 0.0852 e. The molecule has 1 N–H and O–H groups in total. The van der Waals surface area contributed by atoms with Crippen LogP contribution < -0.4 is 0 Å². The third kappa shape index (κ3) is 3.52. The third-order valence-electron chi connectivity index (χ3n) is 2.74. The number of benzene rings is 1. The number of aliphatic hydroxyl groups excluding tert-OH is 1. The highest BCUT2D eigenvalue weighted by molar-refractivity contribution is 5.19. The van der Waals surface area contributed by atoms with Gasteiger partial charge in [0.05, 0.1) is 6.10 Å². The molecule has 0 aliphatic rings. The van der Waals surface area contributed by atoms with Crippen molar-refractivity contribution < 1.29 is 5.11 Å². The zero-order chi connectivity index (χ0) is 11.1. The highest BCUT2D eigenvalue weighted by Gasteiger charge is 2.16. The summed E-state index contributed by atoms with van der Waals surface area (Å²) in [5.74, 6) is 0.173. The molecule has 0 bridgehead atoms. The minimum atomic E-state index is -0.407. The number of unbranched alkanes of at least 4 members (excludes halogenated alkanes) is 1. The predicted molar refractivity (Wildman–Crippen MR) is 64.6 cm³/mol. The van der Waals surface area contributed by atoms with Crippen LogP contribution in [0.15, 0.2) is 43.0 Å². The summed E-state index contributed by atoms with van der Waals surface area (Å²) in [4.78, 5) is 0. The zero-order valence-electron chi connectivity index (χ0n) is 9.39. The predicted octanol–water partition coefficient (Wildman–Crippen LogP) is 3.71. The van der Waals surface area contributed by atoms with Crippen LogP contribution in [0.2, 0.25) is 0 Å². The normalized spacial score (nSPS) is 14.5. The molecule has 0 saturated carbocycles. The Labute approximate surface area is 92.5 Å². The topological polar surface area (TPSA) is 20.2 Å². The smallest absolute Gasteiger partial charge is 0.0852 e. The van der Waals surface area contributed by atoms with Crippen molar-refractivity contribution in [3.63, 3.8) is 0 Å². The van der Waals surface area contributed by atoms with Crippen molar-refractivity contribution in [1.29, 1.82) is 0 Å². The summed E-state index contributed by atoms with van der Waals surface area (Å²) < 4.78 is 0. The van der Waals surface area contributed by atoms with Crippen molar-refractivity contribution in [2.45, 2.75) is 32.3 Å². The number of rotatable bonds is 6. The maximum absolute atomic E-state index is 10.1. The second-order valence-corrected chi connectivity index (χ2v) is 3.90. The molecule has 0 saturated heterocycles. The van der Waals surface area contributed by atoms with Gasteiger partial charge in [0.25, 0.3) is 0 Å². The van der Waals surface area contributed by atoms with E-state index in [9.17, 15) is 5.11 Å². The minimum Gasteiger partial charge on any atom is -0.388 e. The molecule has 15 heavy (non-hydrogen) atoms. The van der Waals surface area contributed by atoms with Gasteiger partial charge in [-0.15, -0.1) is 6.58 Å². The highest BCUT2D eigenvalue weighted by Crippen LogP contribution is 2.26. The van der Waals surface area contributed by atoms with Gasteiger partial charge in [-0.1, -0.05) is 56.2 Å². The van der Waals surface area contributed by atoms with E-state index < -0.39 is 6.10 Å². The largest absolute Gasteiger partial charge is 0.388 e. The van der Waals surface area contributed by atoms with Crippen molar-refractivity contribution in [1.82, 2.24) is 0 Å². The second-order valence-electron chi connectivity index (χ2n) is 3.90. The quantitative estimate of drug-likeness (QED) is 0.700. The van der Waals surface area contributed by atoms with Crippen LogP contribution in [0.4, 0.5) is 0 Å². The first-order chi connectivity index (χ1) is 7.29. The van der Waals surface area contributed by atoms with E-state index in [0.717, 1.165) is 24.8 Å². The summed E-state index contributed by atoms with van der Waals surface area (Å²) in [7, 11) is 0. The van der Waals surface area contributed by atoms with Crippen LogP contribution in [0.3, 0.4) is 0 Å². The Morgan fingerprint density at radius 2 is 2.00 bits per heavy atom. The van der Waals surface area contributed by atoms with Crippen LogP contribution in [0.5, 0.6) is 0 Å². The van der Waals surface area contributed by atoms with Gasteiger partial charge in [0.15, 0.2) is 0 Å². The van der Waals surface area contributed by atoms with E-state index in [1.807, 2.05) is 36.4 Å². The molecule has 1 aromatic carbocycles. The summed E-state index contributed by atoms with van der Waals surface area (Å²) in [6, 6.07) is 9.81. The average molecular weight is 204 g/mol. The number of aliphatic hydroxyl groups is 1. The molecular weight excluding hydrogens is 184 g/mol. The third-order valence-corrected chi connectivity index (χ3v) is 2.74. The van der Waals surface area contributed by atoms with Crippen molar-refractivity contribution in [3.05, 3.63) is 48.6 Å². The summed E-state index contributed by atoms with van der Waals surface area (Å²) in [6.45, 7) is 5.96. The Bertz CT molecular complexity index is 279. The molecule has 0 amide bonds. The lowest BCUT2D eigenvalue weighted by Crippen LogP contribution is -2.10. The summed E-state index contributed by atoms with van der Waals surface area (Å²) in [5.41, 5.74) is 0.985. The van der Waals surface area contributed by atoms with Gasteiger partial charge in [-0.05, 0) is 12.0 Å². The fourth-order valence-corrected chi connectivity index (χ4v) is 1.74. The number of hydrogen-bond donors (Lipinski definition) is 1. The molecule has 2 atom stereocenters. The van der Waals surface area contributed by atoms with E-state index >= 15 is 0 Å². The lowest BCUT2D eigenvalue weighted by Gasteiger charge is -2.19. The first-order valence-corrected chi connectivity index (χ1v) is 5.65. The molecule has 0 aliphatic carbocycles. The lowest BCUT2D eigenvalue weighted by atomic mass is 9.91. The van der Waals surface area contributed by atoms with Gasteiger partial charge in [-0.2, -0.15) is 0 Å². The number of hydrogen-bond acceptors (Lipinski definition) is 1. The van der Waals surface area contributed by atoms with Crippen molar-refractivity contribution in [2.24, 2.45) is 5.92 Å². The summed E-state index contributed by atoms with van der Waals surface area (Å²) in [6.07, 6.45) is 4.77. The Morgan fingerprint density at radius 1 is 1.33 bits per heavy atom. The van der Waals surface area contributed by atoms with Crippen LogP contribution >= 0.6 is 0 Å².